The van der Waals surface area contributed by atoms with Crippen LogP contribution in [0, 0.1) is 0 Å². The van der Waals surface area contributed by atoms with Crippen LogP contribution >= 0.6 is 0 Å². The molecular weight excluding hydrogens is 242 g/mol. The molecule has 1 heterocycles. The first kappa shape index (κ1) is 13.1. The first-order valence-electron chi connectivity index (χ1n) is 6.24. The van der Waals surface area contributed by atoms with Gasteiger partial charge in [-0.2, -0.15) is 5.10 Å². The Balaban J connectivity index is 2.00. The minimum Gasteiger partial charge on any atom is -0.480 e. The average Bonchev–Trinajstić information content (AvgIpc) is 2.90. The second kappa shape index (κ2) is 6.04. The number of anilines is 1. The molecule has 0 bridgehead atoms. The topological polar surface area (TPSA) is 67.2 Å². The second-order valence-electron chi connectivity index (χ2n) is 4.34. The monoisotopic (exact) mass is 259 g/mol. The van der Waals surface area contributed by atoms with Crippen molar-refractivity contribution in [3.63, 3.8) is 0 Å². The van der Waals surface area contributed by atoms with Gasteiger partial charge in [-0.15, -0.1) is 0 Å². The fraction of sp³-hybridized carbons (Fsp3) is 0.286. The minimum absolute atomic E-state index is 0.544. The fourth-order valence-corrected chi connectivity index (χ4v) is 1.83. The van der Waals surface area contributed by atoms with Crippen LogP contribution in [-0.4, -0.2) is 26.9 Å². The second-order valence-corrected chi connectivity index (χ2v) is 4.34. The molecule has 19 heavy (non-hydrogen) atoms. The van der Waals surface area contributed by atoms with Gasteiger partial charge in [-0.05, 0) is 30.2 Å². The molecule has 5 heteroatoms. The van der Waals surface area contributed by atoms with Crippen LogP contribution in [0.25, 0.3) is 0 Å². The molecule has 1 aromatic carbocycles. The zero-order valence-electron chi connectivity index (χ0n) is 10.8. The van der Waals surface area contributed by atoms with Gasteiger partial charge in [0.15, 0.2) is 0 Å². The molecule has 0 amide bonds. The lowest BCUT2D eigenvalue weighted by molar-refractivity contribution is -0.137. The highest BCUT2D eigenvalue weighted by molar-refractivity contribution is 5.77. The van der Waals surface area contributed by atoms with E-state index in [9.17, 15) is 4.79 Å². The SMILES string of the molecule is CCC(Nc1ccc(Cn2cccn2)cc1)C(=O)O. The van der Waals surface area contributed by atoms with E-state index in [1.54, 1.807) is 6.20 Å². The zero-order chi connectivity index (χ0) is 13.7. The number of aromatic nitrogens is 2. The molecule has 0 fully saturated rings. The maximum atomic E-state index is 10.9. The van der Waals surface area contributed by atoms with Crippen LogP contribution in [0.2, 0.25) is 0 Å². The van der Waals surface area contributed by atoms with Crippen molar-refractivity contribution < 1.29 is 9.90 Å². The molecule has 0 aliphatic heterocycles. The summed E-state index contributed by atoms with van der Waals surface area (Å²) >= 11 is 0. The molecule has 2 N–H and O–H groups in total. The highest BCUT2D eigenvalue weighted by Gasteiger charge is 2.13. The van der Waals surface area contributed by atoms with E-state index in [0.29, 0.717) is 13.0 Å². The molecule has 0 radical (unpaired) electrons. The summed E-state index contributed by atoms with van der Waals surface area (Å²) in [5, 5.41) is 16.1. The Morgan fingerprint density at radius 2 is 2.16 bits per heavy atom. The normalized spacial score (nSPS) is 12.1. The molecule has 100 valence electrons. The number of hydrogen-bond acceptors (Lipinski definition) is 3. The molecular formula is C14H17N3O2. The third-order valence-electron chi connectivity index (χ3n) is 2.90. The first-order valence-corrected chi connectivity index (χ1v) is 6.24. The predicted octanol–water partition coefficient (Wildman–Crippen LogP) is 2.21. The number of benzene rings is 1. The summed E-state index contributed by atoms with van der Waals surface area (Å²) in [4.78, 5) is 10.9. The van der Waals surface area contributed by atoms with Crippen LogP contribution in [0.4, 0.5) is 5.69 Å². The van der Waals surface area contributed by atoms with Gasteiger partial charge >= 0.3 is 5.97 Å². The molecule has 1 atom stereocenters. The summed E-state index contributed by atoms with van der Waals surface area (Å²) in [6.07, 6.45) is 4.20. The number of nitrogens with zero attached hydrogens (tertiary/aromatic N) is 2. The minimum atomic E-state index is -0.830. The van der Waals surface area contributed by atoms with Gasteiger partial charge in [0.05, 0.1) is 6.54 Å². The van der Waals surface area contributed by atoms with Crippen LogP contribution < -0.4 is 5.32 Å². The molecule has 1 aromatic heterocycles. The summed E-state index contributed by atoms with van der Waals surface area (Å²) in [7, 11) is 0. The van der Waals surface area contributed by atoms with Crippen molar-refractivity contribution in [3.8, 4) is 0 Å². The molecule has 2 rings (SSSR count). The van der Waals surface area contributed by atoms with Gasteiger partial charge in [-0.25, -0.2) is 4.79 Å². The van der Waals surface area contributed by atoms with E-state index in [2.05, 4.69) is 10.4 Å². The maximum absolute atomic E-state index is 10.9. The van der Waals surface area contributed by atoms with Crippen molar-refractivity contribution in [1.82, 2.24) is 9.78 Å². The lowest BCUT2D eigenvalue weighted by Gasteiger charge is -2.14. The molecule has 0 spiro atoms. The zero-order valence-corrected chi connectivity index (χ0v) is 10.8. The molecule has 0 saturated carbocycles. The van der Waals surface area contributed by atoms with Gasteiger partial charge < -0.3 is 10.4 Å². The van der Waals surface area contributed by atoms with Gasteiger partial charge in [0, 0.05) is 18.1 Å². The van der Waals surface area contributed by atoms with Crippen molar-refractivity contribution in [3.05, 3.63) is 48.3 Å². The fourth-order valence-electron chi connectivity index (χ4n) is 1.83. The number of nitrogens with one attached hydrogen (secondary N) is 1. The number of carboxylic acid groups (broad SMARTS) is 1. The Morgan fingerprint density at radius 1 is 1.42 bits per heavy atom. The molecule has 1 unspecified atom stereocenters. The Bertz CT molecular complexity index is 520. The Morgan fingerprint density at radius 3 is 2.68 bits per heavy atom. The van der Waals surface area contributed by atoms with E-state index < -0.39 is 12.0 Å². The Kier molecular flexibility index (Phi) is 4.18. The van der Waals surface area contributed by atoms with E-state index in [4.69, 9.17) is 5.11 Å². The number of carbonyl (C=O) groups is 1. The highest BCUT2D eigenvalue weighted by Crippen LogP contribution is 2.12. The molecule has 0 saturated heterocycles. The Labute approximate surface area is 111 Å². The summed E-state index contributed by atoms with van der Waals surface area (Å²) in [6.45, 7) is 2.56. The van der Waals surface area contributed by atoms with E-state index in [0.717, 1.165) is 11.3 Å². The average molecular weight is 259 g/mol. The molecule has 0 aliphatic rings. The van der Waals surface area contributed by atoms with E-state index in [1.165, 1.54) is 0 Å². The van der Waals surface area contributed by atoms with Crippen molar-refractivity contribution >= 4 is 11.7 Å². The predicted molar refractivity (Wildman–Crippen MR) is 73.1 cm³/mol. The van der Waals surface area contributed by atoms with E-state index >= 15 is 0 Å². The van der Waals surface area contributed by atoms with Crippen molar-refractivity contribution in [2.75, 3.05) is 5.32 Å². The lowest BCUT2D eigenvalue weighted by atomic mass is 10.1. The van der Waals surface area contributed by atoms with E-state index in [-0.39, 0.29) is 0 Å². The first-order chi connectivity index (χ1) is 9.19. The van der Waals surface area contributed by atoms with Crippen LogP contribution in [0.1, 0.15) is 18.9 Å². The van der Waals surface area contributed by atoms with Crippen molar-refractivity contribution in [2.24, 2.45) is 0 Å². The van der Waals surface area contributed by atoms with Gasteiger partial charge in [0.25, 0.3) is 0 Å². The summed E-state index contributed by atoms with van der Waals surface area (Å²) in [5.74, 6) is -0.830. The van der Waals surface area contributed by atoms with Gasteiger partial charge in [0.1, 0.15) is 6.04 Å². The quantitative estimate of drug-likeness (QED) is 0.834. The van der Waals surface area contributed by atoms with Crippen molar-refractivity contribution in [1.29, 1.82) is 0 Å². The van der Waals surface area contributed by atoms with Crippen LogP contribution in [-0.2, 0) is 11.3 Å². The van der Waals surface area contributed by atoms with Crippen LogP contribution in [0.3, 0.4) is 0 Å². The lowest BCUT2D eigenvalue weighted by Crippen LogP contribution is -2.28. The standard InChI is InChI=1S/C14H17N3O2/c1-2-13(14(18)19)16-12-6-4-11(5-7-12)10-17-9-3-8-15-17/h3-9,13,16H,2,10H2,1H3,(H,18,19). The molecule has 5 nitrogen and oxygen atoms in total. The smallest absolute Gasteiger partial charge is 0.326 e. The largest absolute Gasteiger partial charge is 0.480 e. The number of aliphatic carboxylic acids is 1. The van der Waals surface area contributed by atoms with Crippen molar-refractivity contribution in [2.45, 2.75) is 25.9 Å². The summed E-state index contributed by atoms with van der Waals surface area (Å²) in [5.41, 5.74) is 1.94. The Hall–Kier alpha value is -2.30. The highest BCUT2D eigenvalue weighted by atomic mass is 16.4. The molecule has 2 aromatic rings. The van der Waals surface area contributed by atoms with Gasteiger partial charge in [-0.1, -0.05) is 19.1 Å². The van der Waals surface area contributed by atoms with Gasteiger partial charge in [-0.3, -0.25) is 4.68 Å². The summed E-state index contributed by atoms with van der Waals surface area (Å²) in [6, 6.07) is 9.07. The summed E-state index contributed by atoms with van der Waals surface area (Å²) < 4.78 is 1.84. The molecule has 0 aliphatic carbocycles. The maximum Gasteiger partial charge on any atom is 0.326 e. The van der Waals surface area contributed by atoms with Gasteiger partial charge in [0.2, 0.25) is 0 Å². The van der Waals surface area contributed by atoms with E-state index in [1.807, 2.05) is 48.1 Å². The third kappa shape index (κ3) is 3.58. The number of carboxylic acids is 1. The van der Waals surface area contributed by atoms with Crippen LogP contribution in [0.5, 0.6) is 0 Å². The number of hydrogen-bond donors (Lipinski definition) is 2. The third-order valence-corrected chi connectivity index (χ3v) is 2.90. The van der Waals surface area contributed by atoms with Crippen LogP contribution in [0.15, 0.2) is 42.7 Å². The number of rotatable bonds is 6.